The van der Waals surface area contributed by atoms with Gasteiger partial charge in [-0.2, -0.15) is 13.9 Å². The lowest BCUT2D eigenvalue weighted by molar-refractivity contribution is -0.0497. The van der Waals surface area contributed by atoms with Crippen LogP contribution in [0.5, 0.6) is 5.75 Å². The molecule has 5 rings (SSSR count). The average Bonchev–Trinajstić information content (AvgIpc) is 2.98. The summed E-state index contributed by atoms with van der Waals surface area (Å²) in [6.45, 7) is 0.143. The second kappa shape index (κ2) is 6.01. The molecule has 3 saturated heterocycles. The summed E-state index contributed by atoms with van der Waals surface area (Å²) in [6.07, 6.45) is 2.19. The number of halogens is 2. The number of fused-ring (bicyclic) bond motifs is 4. The summed E-state index contributed by atoms with van der Waals surface area (Å²) in [4.78, 5) is 14.9. The summed E-state index contributed by atoms with van der Waals surface area (Å²) in [5, 5.41) is 10.3. The number of ether oxygens (including phenoxy) is 1. The van der Waals surface area contributed by atoms with E-state index in [0.29, 0.717) is 16.8 Å². The number of rotatable bonds is 4. The van der Waals surface area contributed by atoms with Crippen LogP contribution in [0.4, 0.5) is 8.78 Å². The Morgan fingerprint density at radius 1 is 1.38 bits per heavy atom. The first-order valence-electron chi connectivity index (χ1n) is 8.06. The normalized spacial score (nSPS) is 26.0. The molecular weight excluding hydrogens is 318 g/mol. The number of hydrogen-bond acceptors (Lipinski definition) is 4. The Kier molecular flexibility index (Phi) is 3.84. The Morgan fingerprint density at radius 2 is 2.17 bits per heavy atom. The number of hydrogen-bond donors (Lipinski definition) is 2. The van der Waals surface area contributed by atoms with Crippen molar-refractivity contribution in [2.24, 2.45) is 5.92 Å². The zero-order valence-corrected chi connectivity index (χ0v) is 13.0. The number of aromatic amines is 1. The monoisotopic (exact) mass is 336 g/mol. The van der Waals surface area contributed by atoms with E-state index >= 15 is 0 Å². The van der Waals surface area contributed by atoms with Crippen LogP contribution < -0.4 is 10.1 Å². The molecular formula is C16H18F2N4O2. The molecule has 0 saturated carbocycles. The average molecular weight is 336 g/mol. The van der Waals surface area contributed by atoms with Crippen LogP contribution in [-0.2, 0) is 0 Å². The molecule has 0 unspecified atom stereocenters. The van der Waals surface area contributed by atoms with Crippen molar-refractivity contribution in [1.29, 1.82) is 0 Å². The zero-order valence-electron chi connectivity index (χ0n) is 13.0. The number of carbonyl (C=O) groups excluding carboxylic acids is 1. The van der Waals surface area contributed by atoms with Gasteiger partial charge in [-0.15, -0.1) is 0 Å². The van der Waals surface area contributed by atoms with Gasteiger partial charge in [0.05, 0.1) is 5.52 Å². The molecule has 6 nitrogen and oxygen atoms in total. The molecule has 3 aliphatic rings. The lowest BCUT2D eigenvalue weighted by atomic mass is 9.84. The number of alkyl halides is 2. The molecule has 1 aromatic heterocycles. The minimum atomic E-state index is -2.90. The van der Waals surface area contributed by atoms with Crippen molar-refractivity contribution in [3.63, 3.8) is 0 Å². The third-order valence-electron chi connectivity index (χ3n) is 4.95. The Hall–Kier alpha value is -2.22. The van der Waals surface area contributed by atoms with Crippen LogP contribution in [0.3, 0.4) is 0 Å². The molecule has 128 valence electrons. The lowest BCUT2D eigenvalue weighted by Crippen LogP contribution is -2.57. The van der Waals surface area contributed by atoms with E-state index in [9.17, 15) is 13.6 Å². The predicted molar refractivity (Wildman–Crippen MR) is 83.1 cm³/mol. The smallest absolute Gasteiger partial charge is 0.387 e. The van der Waals surface area contributed by atoms with Gasteiger partial charge in [0.2, 0.25) is 0 Å². The highest BCUT2D eigenvalue weighted by atomic mass is 19.3. The van der Waals surface area contributed by atoms with E-state index in [0.717, 1.165) is 32.5 Å². The van der Waals surface area contributed by atoms with Crippen LogP contribution in [0.2, 0.25) is 0 Å². The molecule has 2 bridgehead atoms. The molecule has 2 aromatic rings. The number of carbonyl (C=O) groups is 1. The number of H-pyrrole nitrogens is 1. The Bertz CT molecular complexity index is 756. The van der Waals surface area contributed by atoms with Crippen molar-refractivity contribution in [3.8, 4) is 5.75 Å². The first-order valence-corrected chi connectivity index (χ1v) is 8.06. The van der Waals surface area contributed by atoms with Crippen molar-refractivity contribution in [2.75, 3.05) is 19.6 Å². The molecule has 3 aliphatic heterocycles. The summed E-state index contributed by atoms with van der Waals surface area (Å²) in [7, 11) is 0. The Balaban J connectivity index is 1.55. The van der Waals surface area contributed by atoms with E-state index in [1.807, 2.05) is 0 Å². The van der Waals surface area contributed by atoms with E-state index in [1.54, 1.807) is 6.07 Å². The first kappa shape index (κ1) is 15.3. The minimum Gasteiger partial charge on any atom is -0.435 e. The van der Waals surface area contributed by atoms with Gasteiger partial charge in [0.15, 0.2) is 5.69 Å². The van der Waals surface area contributed by atoms with Crippen LogP contribution in [0.15, 0.2) is 18.2 Å². The Morgan fingerprint density at radius 3 is 2.83 bits per heavy atom. The van der Waals surface area contributed by atoms with Gasteiger partial charge in [0, 0.05) is 18.0 Å². The molecule has 3 fully saturated rings. The maximum Gasteiger partial charge on any atom is 0.387 e. The van der Waals surface area contributed by atoms with Crippen LogP contribution in [0, 0.1) is 5.92 Å². The maximum absolute atomic E-state index is 12.6. The number of nitrogens with one attached hydrogen (secondary N) is 2. The third-order valence-corrected chi connectivity index (χ3v) is 4.95. The number of nitrogens with zero attached hydrogens (tertiary/aromatic N) is 2. The second-order valence-corrected chi connectivity index (χ2v) is 6.38. The van der Waals surface area contributed by atoms with Gasteiger partial charge in [0.25, 0.3) is 5.91 Å². The fourth-order valence-corrected chi connectivity index (χ4v) is 3.71. The van der Waals surface area contributed by atoms with Crippen LogP contribution in [0.1, 0.15) is 23.3 Å². The second-order valence-electron chi connectivity index (χ2n) is 6.38. The quantitative estimate of drug-likeness (QED) is 0.896. The van der Waals surface area contributed by atoms with Gasteiger partial charge in [-0.3, -0.25) is 9.89 Å². The number of benzene rings is 1. The van der Waals surface area contributed by atoms with E-state index in [4.69, 9.17) is 0 Å². The van der Waals surface area contributed by atoms with E-state index < -0.39 is 6.61 Å². The number of aromatic nitrogens is 2. The molecule has 1 aromatic carbocycles. The standard InChI is InChI=1S/C16H18F2N4O2/c17-16(18)24-10-1-2-12-11(7-10)14(21-20-12)15(23)19-13-8-22-5-3-9(13)4-6-22/h1-2,7,9,13,16H,3-6,8H2,(H,19,23)(H,20,21)/t13-/m0/s1. The largest absolute Gasteiger partial charge is 0.435 e. The molecule has 0 radical (unpaired) electrons. The topological polar surface area (TPSA) is 70.2 Å². The highest BCUT2D eigenvalue weighted by Crippen LogP contribution is 2.28. The lowest BCUT2D eigenvalue weighted by Gasteiger charge is -2.44. The fraction of sp³-hybridized carbons (Fsp3) is 0.500. The molecule has 0 spiro atoms. The summed E-state index contributed by atoms with van der Waals surface area (Å²) in [5.74, 6) is 0.229. The van der Waals surface area contributed by atoms with Gasteiger partial charge >= 0.3 is 6.61 Å². The van der Waals surface area contributed by atoms with Gasteiger partial charge in [-0.05, 0) is 50.0 Å². The molecule has 1 atom stereocenters. The van der Waals surface area contributed by atoms with Crippen molar-refractivity contribution in [1.82, 2.24) is 20.4 Å². The van der Waals surface area contributed by atoms with E-state index in [-0.39, 0.29) is 23.4 Å². The molecule has 0 aliphatic carbocycles. The summed E-state index contributed by atoms with van der Waals surface area (Å²) >= 11 is 0. The third kappa shape index (κ3) is 2.82. The van der Waals surface area contributed by atoms with Crippen LogP contribution >= 0.6 is 0 Å². The van der Waals surface area contributed by atoms with Crippen molar-refractivity contribution in [2.45, 2.75) is 25.5 Å². The van der Waals surface area contributed by atoms with Crippen molar-refractivity contribution >= 4 is 16.8 Å². The van der Waals surface area contributed by atoms with Gasteiger partial charge in [-0.1, -0.05) is 0 Å². The van der Waals surface area contributed by atoms with Crippen molar-refractivity contribution in [3.05, 3.63) is 23.9 Å². The molecule has 2 N–H and O–H groups in total. The minimum absolute atomic E-state index is 0.00999. The highest BCUT2D eigenvalue weighted by Gasteiger charge is 2.35. The van der Waals surface area contributed by atoms with Crippen LogP contribution in [0.25, 0.3) is 10.9 Å². The van der Waals surface area contributed by atoms with Gasteiger partial charge in [-0.25, -0.2) is 0 Å². The molecule has 4 heterocycles. The summed E-state index contributed by atoms with van der Waals surface area (Å²) in [5.41, 5.74) is 0.817. The highest BCUT2D eigenvalue weighted by molar-refractivity contribution is 6.05. The molecule has 1 amide bonds. The summed E-state index contributed by atoms with van der Waals surface area (Å²) < 4.78 is 29.1. The summed E-state index contributed by atoms with van der Waals surface area (Å²) in [6, 6.07) is 4.52. The predicted octanol–water partition coefficient (Wildman–Crippen LogP) is 1.99. The van der Waals surface area contributed by atoms with Crippen LogP contribution in [-0.4, -0.2) is 53.3 Å². The van der Waals surface area contributed by atoms with Gasteiger partial charge in [0.1, 0.15) is 5.75 Å². The fourth-order valence-electron chi connectivity index (χ4n) is 3.71. The SMILES string of the molecule is O=C(N[C@H]1CN2CCC1CC2)c1n[nH]c2ccc(OC(F)F)cc12. The molecule has 8 heteroatoms. The maximum atomic E-state index is 12.6. The van der Waals surface area contributed by atoms with E-state index in [2.05, 4.69) is 25.2 Å². The van der Waals surface area contributed by atoms with E-state index in [1.165, 1.54) is 12.1 Å². The number of amides is 1. The number of piperidine rings is 3. The van der Waals surface area contributed by atoms with Crippen molar-refractivity contribution < 1.29 is 18.3 Å². The first-order chi connectivity index (χ1) is 11.6. The zero-order chi connectivity index (χ0) is 16.7. The Labute approximate surface area is 137 Å². The molecule has 24 heavy (non-hydrogen) atoms. The van der Waals surface area contributed by atoms with Gasteiger partial charge < -0.3 is 15.0 Å².